The van der Waals surface area contributed by atoms with Crippen molar-refractivity contribution < 1.29 is 32.7 Å². The summed E-state index contributed by atoms with van der Waals surface area (Å²) in [4.78, 5) is 48.3. The molecule has 1 aliphatic heterocycles. The van der Waals surface area contributed by atoms with Gasteiger partial charge < -0.3 is 24.3 Å². The zero-order valence-electron chi connectivity index (χ0n) is 21.6. The summed E-state index contributed by atoms with van der Waals surface area (Å²) in [6.07, 6.45) is 1.26. The van der Waals surface area contributed by atoms with Crippen molar-refractivity contribution in [2.45, 2.75) is 44.4 Å². The van der Waals surface area contributed by atoms with Gasteiger partial charge in [0.2, 0.25) is 5.95 Å². The summed E-state index contributed by atoms with van der Waals surface area (Å²) in [6, 6.07) is 6.82. The number of nitrogens with two attached hydrogens (primary N) is 1. The lowest BCUT2D eigenvalue weighted by Gasteiger charge is -2.26. The maximum absolute atomic E-state index is 13.9. The molecule has 0 radical (unpaired) electrons. The SMILES string of the molecule is C=C1C(n2cnc3c(=O)[nH]c(N)nc32)C[C@@H]2OC(=O)CCCOC(=O)[C@H](C)N[P@@](=O)(Oc3ccccc3)OC[C@@H]12. The van der Waals surface area contributed by atoms with Crippen molar-refractivity contribution in [1.29, 1.82) is 0 Å². The van der Waals surface area contributed by atoms with Crippen molar-refractivity contribution >= 4 is 36.8 Å². The number of nitrogens with one attached hydrogen (secondary N) is 2. The highest BCUT2D eigenvalue weighted by Crippen LogP contribution is 2.48. The average Bonchev–Trinajstić information content (AvgIpc) is 3.45. The lowest BCUT2D eigenvalue weighted by molar-refractivity contribution is -0.153. The van der Waals surface area contributed by atoms with Gasteiger partial charge in [-0.2, -0.15) is 10.1 Å². The highest BCUT2D eigenvalue weighted by molar-refractivity contribution is 7.52. The quantitative estimate of drug-likeness (QED) is 0.236. The van der Waals surface area contributed by atoms with Gasteiger partial charge in [-0.1, -0.05) is 24.8 Å². The number of benzene rings is 1. The van der Waals surface area contributed by atoms with E-state index < -0.39 is 49.3 Å². The number of nitrogen functional groups attached to an aromatic ring is 1. The van der Waals surface area contributed by atoms with Crippen LogP contribution in [0.25, 0.3) is 11.2 Å². The monoisotopic (exact) mass is 572 g/mol. The lowest BCUT2D eigenvalue weighted by atomic mass is 10.0. The van der Waals surface area contributed by atoms with Gasteiger partial charge in [0.05, 0.1) is 25.6 Å². The molecular weight excluding hydrogens is 543 g/mol. The van der Waals surface area contributed by atoms with E-state index in [1.165, 1.54) is 13.3 Å². The minimum absolute atomic E-state index is 0.0212. The maximum atomic E-state index is 13.9. The molecule has 1 aromatic carbocycles. The molecule has 14 nitrogen and oxygen atoms in total. The first-order valence-corrected chi connectivity index (χ1v) is 14.2. The number of rotatable bonds is 3. The molecule has 0 amide bonds. The van der Waals surface area contributed by atoms with Gasteiger partial charge in [0, 0.05) is 18.8 Å². The number of H-pyrrole nitrogens is 1. The number of hydrogen-bond donors (Lipinski definition) is 3. The molecule has 2 aromatic heterocycles. The standard InChI is InChI=1S/C25H29N6O8P/c1-14-17-12-37-40(35,39-16-7-4-3-5-8-16)30-15(2)24(34)36-10-6-9-20(32)38-19(17)11-18(14)31-13-27-21-22(31)28-25(26)29-23(21)33/h3-5,7-8,13,15,17-19H,1,6,9-12H2,2H3,(H,30,35)(H3,26,28,29,33)/t15-,17-,18?,19-,40-/m0/s1. The predicted molar refractivity (Wildman–Crippen MR) is 142 cm³/mol. The number of aromatic nitrogens is 4. The van der Waals surface area contributed by atoms with Gasteiger partial charge in [-0.15, -0.1) is 0 Å². The molecule has 2 aliphatic rings. The fraction of sp³-hybridized carbons (Fsp3) is 0.400. The van der Waals surface area contributed by atoms with Crippen molar-refractivity contribution in [3.8, 4) is 5.75 Å². The van der Waals surface area contributed by atoms with Crippen molar-refractivity contribution in [3.05, 3.63) is 59.2 Å². The van der Waals surface area contributed by atoms with E-state index in [-0.39, 0.29) is 55.3 Å². The highest BCUT2D eigenvalue weighted by atomic mass is 31.2. The van der Waals surface area contributed by atoms with Crippen molar-refractivity contribution in [2.24, 2.45) is 5.92 Å². The van der Waals surface area contributed by atoms with Crippen LogP contribution in [0.3, 0.4) is 0 Å². The Morgan fingerprint density at radius 2 is 2.00 bits per heavy atom. The number of aromatic amines is 1. The summed E-state index contributed by atoms with van der Waals surface area (Å²) < 4.78 is 38.1. The van der Waals surface area contributed by atoms with Crippen LogP contribution in [0.5, 0.6) is 5.75 Å². The smallest absolute Gasteiger partial charge is 0.459 e. The van der Waals surface area contributed by atoms with Crippen LogP contribution in [0.1, 0.15) is 32.2 Å². The number of carbonyl (C=O) groups is 2. The van der Waals surface area contributed by atoms with Gasteiger partial charge in [0.1, 0.15) is 17.9 Å². The fourth-order valence-corrected chi connectivity index (χ4v) is 6.27. The van der Waals surface area contributed by atoms with Crippen molar-refractivity contribution in [3.63, 3.8) is 0 Å². The van der Waals surface area contributed by atoms with Gasteiger partial charge >= 0.3 is 19.7 Å². The number of hydrogen-bond acceptors (Lipinski definition) is 11. The van der Waals surface area contributed by atoms with Crippen LogP contribution < -0.4 is 20.9 Å². The molecule has 1 unspecified atom stereocenters. The molecule has 3 heterocycles. The Labute approximate surface area is 228 Å². The Bertz CT molecular complexity index is 1540. The van der Waals surface area contributed by atoms with E-state index in [2.05, 4.69) is 26.6 Å². The summed E-state index contributed by atoms with van der Waals surface area (Å²) in [7, 11) is -4.15. The minimum atomic E-state index is -4.15. The number of nitrogens with zero attached hydrogens (tertiary/aromatic N) is 3. The Morgan fingerprint density at radius 3 is 2.77 bits per heavy atom. The van der Waals surface area contributed by atoms with Crippen molar-refractivity contribution in [1.82, 2.24) is 24.6 Å². The minimum Gasteiger partial charge on any atom is -0.465 e. The number of fused-ring (bicyclic) bond motifs is 2. The van der Waals surface area contributed by atoms with Crippen molar-refractivity contribution in [2.75, 3.05) is 18.9 Å². The highest BCUT2D eigenvalue weighted by Gasteiger charge is 2.44. The van der Waals surface area contributed by atoms with Gasteiger partial charge in [0.25, 0.3) is 5.56 Å². The largest absolute Gasteiger partial charge is 0.465 e. The number of imidazole rings is 1. The summed E-state index contributed by atoms with van der Waals surface area (Å²) in [6.45, 7) is 5.44. The molecule has 0 bridgehead atoms. The van der Waals surface area contributed by atoms with Gasteiger partial charge in [-0.3, -0.25) is 23.9 Å². The molecule has 2 fully saturated rings. The maximum Gasteiger partial charge on any atom is 0.459 e. The molecule has 5 atom stereocenters. The first-order chi connectivity index (χ1) is 19.1. The second-order valence-electron chi connectivity index (χ2n) is 9.56. The topological polar surface area (TPSA) is 190 Å². The third-order valence-corrected chi connectivity index (χ3v) is 8.39. The van der Waals surface area contributed by atoms with E-state index in [4.69, 9.17) is 24.3 Å². The Morgan fingerprint density at radius 1 is 1.23 bits per heavy atom. The van der Waals surface area contributed by atoms with Crippen LogP contribution in [0, 0.1) is 5.92 Å². The number of cyclic esters (lactones) is 1. The second kappa shape index (κ2) is 11.2. The zero-order valence-corrected chi connectivity index (χ0v) is 22.5. The number of anilines is 1. The van der Waals surface area contributed by atoms with E-state index in [1.54, 1.807) is 34.9 Å². The molecule has 3 aromatic rings. The molecule has 4 N–H and O–H groups in total. The molecule has 5 rings (SSSR count). The third kappa shape index (κ3) is 5.79. The normalized spacial score (nSPS) is 28.4. The molecule has 0 spiro atoms. The van der Waals surface area contributed by atoms with Gasteiger partial charge in [-0.05, 0) is 31.1 Å². The van der Waals surface area contributed by atoms with E-state index in [0.29, 0.717) is 5.57 Å². The molecule has 1 aliphatic carbocycles. The van der Waals surface area contributed by atoms with Crippen LogP contribution >= 0.6 is 7.75 Å². The van der Waals surface area contributed by atoms with Crippen LogP contribution in [0.2, 0.25) is 0 Å². The van der Waals surface area contributed by atoms with Crippen LogP contribution in [-0.4, -0.2) is 56.8 Å². The first kappa shape index (κ1) is 27.6. The number of para-hydroxylation sites is 1. The third-order valence-electron chi connectivity index (χ3n) is 6.75. The molecule has 40 heavy (non-hydrogen) atoms. The molecule has 212 valence electrons. The summed E-state index contributed by atoms with van der Waals surface area (Å²) in [5.74, 6) is -1.62. The van der Waals surface area contributed by atoms with E-state index in [9.17, 15) is 18.9 Å². The Balaban J connectivity index is 1.47. The molecule has 15 heteroatoms. The molecule has 1 saturated carbocycles. The lowest BCUT2D eigenvalue weighted by Crippen LogP contribution is -2.36. The molecular formula is C25H29N6O8P. The van der Waals surface area contributed by atoms with E-state index in [1.807, 2.05) is 0 Å². The van der Waals surface area contributed by atoms with E-state index in [0.717, 1.165) is 0 Å². The Hall–Kier alpha value is -4.00. The number of carbonyl (C=O) groups excluding carboxylic acids is 2. The van der Waals surface area contributed by atoms with Gasteiger partial charge in [0.15, 0.2) is 11.2 Å². The second-order valence-corrected chi connectivity index (χ2v) is 11.2. The number of esters is 2. The number of ether oxygens (including phenoxy) is 2. The Kier molecular flexibility index (Phi) is 7.74. The van der Waals surface area contributed by atoms with Gasteiger partial charge in [-0.25, -0.2) is 9.55 Å². The summed E-state index contributed by atoms with van der Waals surface area (Å²) >= 11 is 0. The zero-order chi connectivity index (χ0) is 28.4. The fourth-order valence-electron chi connectivity index (χ4n) is 4.75. The van der Waals surface area contributed by atoms with Crippen LogP contribution in [0.15, 0.2) is 53.6 Å². The van der Waals surface area contributed by atoms with Crippen LogP contribution in [0.4, 0.5) is 5.95 Å². The summed E-state index contributed by atoms with van der Waals surface area (Å²) in [5, 5.41) is 2.65. The van der Waals surface area contributed by atoms with Crippen LogP contribution in [-0.2, 0) is 28.2 Å². The predicted octanol–water partition coefficient (Wildman–Crippen LogP) is 2.25. The summed E-state index contributed by atoms with van der Waals surface area (Å²) in [5.41, 5.74) is 6.18. The average molecular weight is 573 g/mol. The first-order valence-electron chi connectivity index (χ1n) is 12.7. The van der Waals surface area contributed by atoms with E-state index >= 15 is 0 Å². The molecule has 1 saturated heterocycles.